The third-order valence-electron chi connectivity index (χ3n) is 5.28. The van der Waals surface area contributed by atoms with Crippen molar-refractivity contribution in [1.29, 1.82) is 0 Å². The monoisotopic (exact) mass is 410 g/mol. The number of ether oxygens (including phenoxy) is 1. The average Bonchev–Trinajstić information content (AvgIpc) is 2.73. The van der Waals surface area contributed by atoms with Crippen LogP contribution in [0.1, 0.15) is 24.0 Å². The molecule has 2 heterocycles. The third-order valence-corrected chi connectivity index (χ3v) is 5.28. The zero-order valence-corrected chi connectivity index (χ0v) is 17.9. The van der Waals surface area contributed by atoms with Crippen molar-refractivity contribution in [3.05, 3.63) is 80.2 Å². The molecule has 0 aliphatic carbocycles. The third kappa shape index (κ3) is 3.45. The summed E-state index contributed by atoms with van der Waals surface area (Å²) in [6.45, 7) is 5.37. The Balaban J connectivity index is 2.30. The lowest BCUT2D eigenvalue weighted by Gasteiger charge is -2.31. The molecular weight excluding hydrogens is 384 g/mol. The van der Waals surface area contributed by atoms with Crippen LogP contribution in [0.4, 0.5) is 11.5 Å². The van der Waals surface area contributed by atoms with Gasteiger partial charge in [0.15, 0.2) is 0 Å². The Morgan fingerprint density at radius 1 is 1.20 bits per heavy atom. The van der Waals surface area contributed by atoms with E-state index in [9.17, 15) is 14.4 Å². The maximum atomic E-state index is 13.1. The number of hydrogen-bond acceptors (Lipinski definition) is 6. The normalized spacial score (nSPS) is 15.3. The fourth-order valence-corrected chi connectivity index (χ4v) is 3.67. The molecule has 8 heteroatoms. The molecule has 1 aromatic carbocycles. The number of rotatable bonds is 5. The van der Waals surface area contributed by atoms with Crippen molar-refractivity contribution in [1.82, 2.24) is 9.13 Å². The number of benzene rings is 1. The molecule has 30 heavy (non-hydrogen) atoms. The molecule has 1 aromatic heterocycles. The minimum absolute atomic E-state index is 0.0556. The number of hydrogen-bond donors (Lipinski definition) is 1. The number of esters is 1. The first-order valence-electron chi connectivity index (χ1n) is 9.52. The van der Waals surface area contributed by atoms with E-state index in [0.29, 0.717) is 22.7 Å². The number of fused-ring (bicyclic) bond motifs is 1. The Labute approximate surface area is 174 Å². The summed E-state index contributed by atoms with van der Waals surface area (Å²) in [5.41, 5.74) is 2.02. The van der Waals surface area contributed by atoms with Gasteiger partial charge in [-0.25, -0.2) is 9.59 Å². The molecule has 1 aliphatic heterocycles. The van der Waals surface area contributed by atoms with E-state index < -0.39 is 23.1 Å². The number of aromatic nitrogens is 2. The summed E-state index contributed by atoms with van der Waals surface area (Å²) in [6, 6.07) is 7.61. The smallest absolute Gasteiger partial charge is 0.337 e. The second-order valence-electron chi connectivity index (χ2n) is 7.44. The number of allylic oxidation sites excluding steroid dienone is 1. The molecule has 1 aliphatic rings. The molecule has 0 radical (unpaired) electrons. The van der Waals surface area contributed by atoms with Gasteiger partial charge in [-0.1, -0.05) is 24.8 Å². The summed E-state index contributed by atoms with van der Waals surface area (Å²) < 4.78 is 7.75. The molecular formula is C22H26N4O4. The van der Waals surface area contributed by atoms with Gasteiger partial charge in [-0.2, -0.15) is 0 Å². The molecule has 8 nitrogen and oxygen atoms in total. The summed E-state index contributed by atoms with van der Waals surface area (Å²) in [5, 5.41) is 3.07. The Bertz CT molecular complexity index is 1150. The van der Waals surface area contributed by atoms with E-state index in [1.807, 2.05) is 43.3 Å². The van der Waals surface area contributed by atoms with Gasteiger partial charge in [-0.05, 0) is 24.6 Å². The van der Waals surface area contributed by atoms with Crippen LogP contribution in [0.15, 0.2) is 57.8 Å². The highest BCUT2D eigenvalue weighted by molar-refractivity contribution is 5.94. The predicted octanol–water partition coefficient (Wildman–Crippen LogP) is 1.71. The van der Waals surface area contributed by atoms with Gasteiger partial charge in [-0.15, -0.1) is 0 Å². The molecule has 0 spiro atoms. The van der Waals surface area contributed by atoms with Crippen LogP contribution < -0.4 is 21.5 Å². The zero-order valence-electron chi connectivity index (χ0n) is 17.9. The molecule has 0 saturated carbocycles. The summed E-state index contributed by atoms with van der Waals surface area (Å²) in [7, 11) is 6.89. The summed E-state index contributed by atoms with van der Waals surface area (Å²) >= 11 is 0. The van der Waals surface area contributed by atoms with Gasteiger partial charge >= 0.3 is 11.7 Å². The van der Waals surface area contributed by atoms with E-state index in [1.165, 1.54) is 17.7 Å². The Kier molecular flexibility index (Phi) is 5.69. The van der Waals surface area contributed by atoms with Crippen molar-refractivity contribution in [3.8, 4) is 0 Å². The summed E-state index contributed by atoms with van der Waals surface area (Å²) in [5.74, 6) is -0.842. The summed E-state index contributed by atoms with van der Waals surface area (Å²) in [6.07, 6.45) is 1.49. The quantitative estimate of drug-likeness (QED) is 0.597. The van der Waals surface area contributed by atoms with E-state index in [-0.39, 0.29) is 6.61 Å². The van der Waals surface area contributed by atoms with Gasteiger partial charge in [0.2, 0.25) is 0 Å². The standard InChI is InChI=1S/C22H26N4O4/c1-7-12-30-21(28)16-13(2)23-19-18(20(27)26(6)22(29)25(19)5)17(16)14-8-10-15(11-9-14)24(3)4/h7-11,17,23H,1,12H2,2-6H3. The largest absolute Gasteiger partial charge is 0.458 e. The highest BCUT2D eigenvalue weighted by Crippen LogP contribution is 2.40. The van der Waals surface area contributed by atoms with E-state index in [0.717, 1.165) is 15.8 Å². The van der Waals surface area contributed by atoms with Crippen molar-refractivity contribution in [3.63, 3.8) is 0 Å². The number of carbonyl (C=O) groups is 1. The molecule has 0 amide bonds. The second-order valence-corrected chi connectivity index (χ2v) is 7.44. The lowest BCUT2D eigenvalue weighted by atomic mass is 9.82. The highest BCUT2D eigenvalue weighted by Gasteiger charge is 2.37. The van der Waals surface area contributed by atoms with Crippen LogP contribution in [-0.2, 0) is 23.6 Å². The van der Waals surface area contributed by atoms with E-state index >= 15 is 0 Å². The van der Waals surface area contributed by atoms with Gasteiger partial charge in [-0.3, -0.25) is 13.9 Å². The maximum absolute atomic E-state index is 13.1. The van der Waals surface area contributed by atoms with Gasteiger partial charge in [0.25, 0.3) is 5.56 Å². The molecule has 0 fully saturated rings. The van der Waals surface area contributed by atoms with E-state index in [4.69, 9.17) is 4.74 Å². The molecule has 2 aromatic rings. The van der Waals surface area contributed by atoms with Gasteiger partial charge in [0.1, 0.15) is 12.4 Å². The topological polar surface area (TPSA) is 85.6 Å². The van der Waals surface area contributed by atoms with Crippen LogP contribution in [0.5, 0.6) is 0 Å². The van der Waals surface area contributed by atoms with Crippen LogP contribution in [0.2, 0.25) is 0 Å². The SMILES string of the molecule is C=CCOC(=O)C1=C(C)Nc2c(c(=O)n(C)c(=O)n2C)C1c1ccc(N(C)C)cc1. The number of anilines is 2. The fourth-order valence-electron chi connectivity index (χ4n) is 3.67. The lowest BCUT2D eigenvalue weighted by molar-refractivity contribution is -0.138. The first-order valence-corrected chi connectivity index (χ1v) is 9.52. The molecule has 1 atom stereocenters. The Morgan fingerprint density at radius 3 is 2.40 bits per heavy atom. The van der Waals surface area contributed by atoms with Crippen molar-refractivity contribution >= 4 is 17.5 Å². The molecule has 158 valence electrons. The van der Waals surface area contributed by atoms with Crippen LogP contribution in [-0.4, -0.2) is 35.8 Å². The van der Waals surface area contributed by atoms with E-state index in [2.05, 4.69) is 11.9 Å². The minimum Gasteiger partial charge on any atom is -0.458 e. The highest BCUT2D eigenvalue weighted by atomic mass is 16.5. The van der Waals surface area contributed by atoms with Crippen LogP contribution in [0.3, 0.4) is 0 Å². The number of nitrogens with one attached hydrogen (secondary N) is 1. The molecule has 1 N–H and O–H groups in total. The Morgan fingerprint density at radius 2 is 1.83 bits per heavy atom. The van der Waals surface area contributed by atoms with Gasteiger partial charge in [0, 0.05) is 39.6 Å². The Hall–Kier alpha value is -3.55. The first-order chi connectivity index (χ1) is 14.2. The van der Waals surface area contributed by atoms with Crippen molar-refractivity contribution in [2.75, 3.05) is 30.9 Å². The van der Waals surface area contributed by atoms with Gasteiger partial charge < -0.3 is 15.0 Å². The lowest BCUT2D eigenvalue weighted by Crippen LogP contribution is -2.43. The fraction of sp³-hybridized carbons (Fsp3) is 0.318. The van der Waals surface area contributed by atoms with Crippen molar-refractivity contribution in [2.45, 2.75) is 12.8 Å². The summed E-state index contributed by atoms with van der Waals surface area (Å²) in [4.78, 5) is 40.5. The van der Waals surface area contributed by atoms with Gasteiger partial charge in [0.05, 0.1) is 17.1 Å². The molecule has 0 bridgehead atoms. The van der Waals surface area contributed by atoms with Crippen molar-refractivity contribution in [2.24, 2.45) is 14.1 Å². The number of nitrogens with zero attached hydrogens (tertiary/aromatic N) is 3. The minimum atomic E-state index is -0.680. The first kappa shape index (κ1) is 21.2. The molecule has 0 saturated heterocycles. The zero-order chi connectivity index (χ0) is 22.2. The van der Waals surface area contributed by atoms with Crippen LogP contribution >= 0.6 is 0 Å². The number of carbonyl (C=O) groups excluding carboxylic acids is 1. The van der Waals surface area contributed by atoms with Crippen molar-refractivity contribution < 1.29 is 9.53 Å². The average molecular weight is 410 g/mol. The predicted molar refractivity (Wildman–Crippen MR) is 117 cm³/mol. The van der Waals surface area contributed by atoms with Crippen LogP contribution in [0, 0.1) is 0 Å². The van der Waals surface area contributed by atoms with E-state index in [1.54, 1.807) is 14.0 Å². The maximum Gasteiger partial charge on any atom is 0.337 e. The second kappa shape index (κ2) is 8.06. The van der Waals surface area contributed by atoms with Crippen LogP contribution in [0.25, 0.3) is 0 Å². The molecule has 3 rings (SSSR count). The molecule has 1 unspecified atom stereocenters.